The number of carbonyl (C=O) groups excluding carboxylic acids is 1. The van der Waals surface area contributed by atoms with Crippen LogP contribution in [0.15, 0.2) is 18.5 Å². The molecule has 6 rings (SSSR count). The minimum atomic E-state index is 0.0746. The molecule has 1 amide bonds. The van der Waals surface area contributed by atoms with E-state index in [-0.39, 0.29) is 11.9 Å². The smallest absolute Gasteiger partial charge is 0.226 e. The molecule has 33 heavy (non-hydrogen) atoms. The molecule has 3 aromatic heterocycles. The zero-order chi connectivity index (χ0) is 22.4. The zero-order valence-electron chi connectivity index (χ0n) is 18.8. The molecule has 0 spiro atoms. The van der Waals surface area contributed by atoms with Crippen molar-refractivity contribution in [1.82, 2.24) is 25.9 Å². The third-order valence-corrected chi connectivity index (χ3v) is 9.74. The fourth-order valence-corrected chi connectivity index (χ4v) is 8.07. The maximum absolute atomic E-state index is 12.9. The summed E-state index contributed by atoms with van der Waals surface area (Å²) < 4.78 is 1.12. The first-order valence-corrected chi connectivity index (χ1v) is 13.6. The molecule has 1 aliphatic carbocycles. The molecule has 4 N–H and O–H groups in total. The highest BCUT2D eigenvalue weighted by Gasteiger charge is 2.37. The first-order chi connectivity index (χ1) is 16.2. The van der Waals surface area contributed by atoms with Crippen LogP contribution in [-0.2, 0) is 11.2 Å². The Labute approximate surface area is 201 Å². The van der Waals surface area contributed by atoms with E-state index in [1.165, 1.54) is 23.3 Å². The fourth-order valence-electron chi connectivity index (χ4n) is 5.70. The number of nitrogens with zero attached hydrogens (tertiary/aromatic N) is 2. The summed E-state index contributed by atoms with van der Waals surface area (Å²) in [6, 6.07) is 2.86. The predicted molar refractivity (Wildman–Crippen MR) is 135 cm³/mol. The van der Waals surface area contributed by atoms with Crippen LogP contribution >= 0.6 is 22.7 Å². The number of amides is 1. The Morgan fingerprint density at radius 2 is 2.09 bits per heavy atom. The third kappa shape index (κ3) is 4.21. The van der Waals surface area contributed by atoms with E-state index in [1.54, 1.807) is 22.7 Å². The van der Waals surface area contributed by atoms with Crippen LogP contribution in [0.5, 0.6) is 0 Å². The van der Waals surface area contributed by atoms with Gasteiger partial charge in [-0.25, -0.2) is 4.98 Å². The highest BCUT2D eigenvalue weighted by atomic mass is 32.1. The molecule has 2 fully saturated rings. The average Bonchev–Trinajstić information content (AvgIpc) is 3.55. The lowest BCUT2D eigenvalue weighted by molar-refractivity contribution is -0.116. The van der Waals surface area contributed by atoms with Crippen LogP contribution in [0.2, 0.25) is 0 Å². The van der Waals surface area contributed by atoms with Crippen molar-refractivity contribution in [3.8, 4) is 10.6 Å². The Morgan fingerprint density at radius 3 is 2.91 bits per heavy atom. The topological polar surface area (TPSA) is 91.0 Å². The van der Waals surface area contributed by atoms with Gasteiger partial charge < -0.3 is 21.3 Å². The summed E-state index contributed by atoms with van der Waals surface area (Å²) in [5.41, 5.74) is 3.36. The molecule has 4 atom stereocenters. The van der Waals surface area contributed by atoms with Gasteiger partial charge in [0.1, 0.15) is 15.5 Å². The lowest BCUT2D eigenvalue weighted by Crippen LogP contribution is -2.31. The van der Waals surface area contributed by atoms with E-state index >= 15 is 0 Å². The van der Waals surface area contributed by atoms with E-state index in [0.717, 1.165) is 70.2 Å². The Kier molecular flexibility index (Phi) is 5.92. The minimum absolute atomic E-state index is 0.0746. The summed E-state index contributed by atoms with van der Waals surface area (Å²) in [5, 5.41) is 15.8. The van der Waals surface area contributed by atoms with Crippen molar-refractivity contribution in [2.24, 2.45) is 11.8 Å². The van der Waals surface area contributed by atoms with E-state index in [0.29, 0.717) is 12.5 Å². The monoisotopic (exact) mass is 482 g/mol. The molecular formula is C24H30N6OS2. The van der Waals surface area contributed by atoms with Gasteiger partial charge in [0.05, 0.1) is 10.9 Å². The number of pyridine rings is 1. The number of hydrogen-bond acceptors (Lipinski definition) is 8. The van der Waals surface area contributed by atoms with Gasteiger partial charge in [0.15, 0.2) is 0 Å². The second-order valence-corrected chi connectivity index (χ2v) is 11.6. The third-order valence-electron chi connectivity index (χ3n) is 7.35. The van der Waals surface area contributed by atoms with Crippen LogP contribution in [0.4, 0.5) is 5.00 Å². The second-order valence-electron chi connectivity index (χ2n) is 9.54. The number of nitrogens with one attached hydrogen (secondary N) is 4. The number of carbonyl (C=O) groups is 1. The van der Waals surface area contributed by atoms with Gasteiger partial charge in [-0.3, -0.25) is 9.78 Å². The number of thiophene rings is 1. The quantitative estimate of drug-likeness (QED) is 0.430. The van der Waals surface area contributed by atoms with Crippen LogP contribution in [0.1, 0.15) is 42.7 Å². The van der Waals surface area contributed by atoms with Crippen molar-refractivity contribution < 1.29 is 4.79 Å². The van der Waals surface area contributed by atoms with Crippen LogP contribution < -0.4 is 21.3 Å². The lowest BCUT2D eigenvalue weighted by Gasteiger charge is -2.20. The van der Waals surface area contributed by atoms with Gasteiger partial charge in [-0.2, -0.15) is 0 Å². The molecule has 0 unspecified atom stereocenters. The molecule has 0 radical (unpaired) electrons. The van der Waals surface area contributed by atoms with Gasteiger partial charge in [-0.05, 0) is 69.3 Å². The Morgan fingerprint density at radius 1 is 1.24 bits per heavy atom. The minimum Gasteiger partial charge on any atom is -0.317 e. The molecule has 3 aliphatic rings. The van der Waals surface area contributed by atoms with Gasteiger partial charge in [0, 0.05) is 41.7 Å². The van der Waals surface area contributed by atoms with Crippen LogP contribution in [-0.4, -0.2) is 48.1 Å². The Hall–Kier alpha value is -1.91. The van der Waals surface area contributed by atoms with E-state index in [4.69, 9.17) is 4.98 Å². The van der Waals surface area contributed by atoms with Crippen molar-refractivity contribution >= 4 is 43.8 Å². The number of rotatable bonds is 6. The molecule has 174 valence electrons. The molecule has 7 nitrogen and oxygen atoms in total. The average molecular weight is 483 g/mol. The second kappa shape index (κ2) is 9.03. The fraction of sp³-hybridized carbons (Fsp3) is 0.542. The summed E-state index contributed by atoms with van der Waals surface area (Å²) in [6.45, 7) is 6.19. The molecule has 3 aromatic rings. The summed E-state index contributed by atoms with van der Waals surface area (Å²) >= 11 is 3.38. The van der Waals surface area contributed by atoms with E-state index < -0.39 is 0 Å². The molecule has 2 aliphatic heterocycles. The van der Waals surface area contributed by atoms with Crippen molar-refractivity contribution in [2.45, 2.75) is 44.7 Å². The molecule has 0 bridgehead atoms. The molecule has 5 heterocycles. The molecule has 0 aromatic carbocycles. The lowest BCUT2D eigenvalue weighted by atomic mass is 10.0. The zero-order valence-corrected chi connectivity index (χ0v) is 20.5. The first-order valence-electron chi connectivity index (χ1n) is 12.0. The molecule has 1 saturated carbocycles. The number of anilines is 1. The van der Waals surface area contributed by atoms with E-state index in [9.17, 15) is 4.79 Å². The summed E-state index contributed by atoms with van der Waals surface area (Å²) in [4.78, 5) is 23.3. The van der Waals surface area contributed by atoms with Gasteiger partial charge in [-0.15, -0.1) is 22.7 Å². The van der Waals surface area contributed by atoms with E-state index in [2.05, 4.69) is 33.2 Å². The van der Waals surface area contributed by atoms with Crippen molar-refractivity contribution in [3.63, 3.8) is 0 Å². The number of hydrogen-bond donors (Lipinski definition) is 4. The van der Waals surface area contributed by atoms with Crippen molar-refractivity contribution in [2.75, 3.05) is 31.5 Å². The van der Waals surface area contributed by atoms with Crippen molar-refractivity contribution in [3.05, 3.63) is 28.9 Å². The molecular weight excluding hydrogens is 452 g/mol. The summed E-state index contributed by atoms with van der Waals surface area (Å²) in [7, 11) is 0. The predicted octanol–water partition coefficient (Wildman–Crippen LogP) is 3.54. The molecule has 9 heteroatoms. The highest BCUT2D eigenvalue weighted by Crippen LogP contribution is 2.46. The van der Waals surface area contributed by atoms with Gasteiger partial charge >= 0.3 is 0 Å². The largest absolute Gasteiger partial charge is 0.317 e. The maximum Gasteiger partial charge on any atom is 0.226 e. The normalized spacial score (nSPS) is 26.5. The van der Waals surface area contributed by atoms with Crippen LogP contribution in [0.3, 0.4) is 0 Å². The van der Waals surface area contributed by atoms with Crippen molar-refractivity contribution in [1.29, 1.82) is 0 Å². The van der Waals surface area contributed by atoms with E-state index in [1.807, 2.05) is 18.5 Å². The number of aromatic nitrogens is 2. The first kappa shape index (κ1) is 21.6. The Balaban J connectivity index is 1.18. The maximum atomic E-state index is 12.9. The van der Waals surface area contributed by atoms with Crippen LogP contribution in [0, 0.1) is 11.8 Å². The number of thiazole rings is 1. The van der Waals surface area contributed by atoms with Gasteiger partial charge in [-0.1, -0.05) is 0 Å². The molecule has 1 saturated heterocycles. The standard InChI is InChI=1S/C24H30N6OS2/c1-13-22-17(2-6-27-13)21(23-29-18-12-25-5-3-19(18)32-23)24(33-22)30-20(31)4-7-28-16-8-14-10-26-11-15(14)9-16/h3,5,12-16,26-28H,2,4,6-11H2,1H3,(H,30,31)/t13-,14-,15+,16+/m1/s1. The summed E-state index contributed by atoms with van der Waals surface area (Å²) in [5.74, 6) is 1.71. The number of fused-ring (bicyclic) bond motifs is 3. The Bertz CT molecular complexity index is 1130. The van der Waals surface area contributed by atoms with Gasteiger partial charge in [0.25, 0.3) is 0 Å². The SMILES string of the molecule is C[C@H]1NCCc2c1sc(NC(=O)CCN[C@@H]1C[C@H]3CNC[C@H]3C1)c2-c1nc2cnccc2s1. The van der Waals surface area contributed by atoms with Crippen LogP contribution in [0.25, 0.3) is 20.8 Å². The van der Waals surface area contributed by atoms with Gasteiger partial charge in [0.2, 0.25) is 5.91 Å². The summed E-state index contributed by atoms with van der Waals surface area (Å²) in [6.07, 6.45) is 7.54. The highest BCUT2D eigenvalue weighted by molar-refractivity contribution is 7.23.